The van der Waals surface area contributed by atoms with Gasteiger partial charge in [0, 0.05) is 0 Å². The van der Waals surface area contributed by atoms with E-state index in [1.807, 2.05) is 13.8 Å². The highest BCUT2D eigenvalue weighted by atomic mass is 16.6. The lowest BCUT2D eigenvalue weighted by molar-refractivity contribution is -0.138. The second-order valence-corrected chi connectivity index (χ2v) is 4.41. The largest absolute Gasteiger partial charge is 0.479 e. The van der Waals surface area contributed by atoms with Gasteiger partial charge in [0.2, 0.25) is 5.91 Å². The first-order chi connectivity index (χ1) is 7.82. The Balaban J connectivity index is 2.48. The lowest BCUT2D eigenvalue weighted by Gasteiger charge is -2.16. The first-order valence-electron chi connectivity index (χ1n) is 5.31. The Morgan fingerprint density at radius 2 is 1.94 bits per heavy atom. The standard InChI is InChI=1S/C10H16N2O5/c1-4(2)3-5(8(11)13)12-9(14)6-7(17-6)10(15)16/h4-7H,3H2,1-2H3,(H2,11,13)(H,12,14)(H,15,16)/t5-,6+,7+/m0/s1. The summed E-state index contributed by atoms with van der Waals surface area (Å²) in [7, 11) is 0. The summed E-state index contributed by atoms with van der Waals surface area (Å²) in [5.41, 5.74) is 5.14. The number of carboxylic acids is 1. The molecule has 0 bridgehead atoms. The highest BCUT2D eigenvalue weighted by Gasteiger charge is 2.51. The maximum atomic E-state index is 11.5. The number of carboxylic acid groups (broad SMARTS) is 1. The Bertz CT molecular complexity index is 342. The van der Waals surface area contributed by atoms with E-state index in [4.69, 9.17) is 10.8 Å². The molecule has 1 fully saturated rings. The molecule has 2 amide bonds. The minimum atomic E-state index is -1.19. The summed E-state index contributed by atoms with van der Waals surface area (Å²) in [4.78, 5) is 33.1. The van der Waals surface area contributed by atoms with Gasteiger partial charge in [-0.2, -0.15) is 0 Å². The van der Waals surface area contributed by atoms with Gasteiger partial charge in [0.05, 0.1) is 0 Å². The van der Waals surface area contributed by atoms with Crippen LogP contribution < -0.4 is 11.1 Å². The number of ether oxygens (including phenoxy) is 1. The highest BCUT2D eigenvalue weighted by molar-refractivity contribution is 5.94. The molecular weight excluding hydrogens is 228 g/mol. The molecule has 0 aromatic heterocycles. The Morgan fingerprint density at radius 1 is 1.35 bits per heavy atom. The lowest BCUT2D eigenvalue weighted by Crippen LogP contribution is -2.47. The third kappa shape index (κ3) is 3.70. The van der Waals surface area contributed by atoms with E-state index in [1.54, 1.807) is 0 Å². The lowest BCUT2D eigenvalue weighted by atomic mass is 10.0. The first-order valence-corrected chi connectivity index (χ1v) is 5.31. The van der Waals surface area contributed by atoms with Gasteiger partial charge in [0.15, 0.2) is 12.2 Å². The molecule has 1 aliphatic rings. The molecule has 1 heterocycles. The zero-order valence-corrected chi connectivity index (χ0v) is 9.67. The summed E-state index contributed by atoms with van der Waals surface area (Å²) < 4.78 is 4.66. The van der Waals surface area contributed by atoms with E-state index in [0.717, 1.165) is 0 Å². The van der Waals surface area contributed by atoms with Crippen molar-refractivity contribution in [2.75, 3.05) is 0 Å². The molecule has 96 valence electrons. The van der Waals surface area contributed by atoms with E-state index in [-0.39, 0.29) is 5.92 Å². The first kappa shape index (κ1) is 13.4. The van der Waals surface area contributed by atoms with Crippen molar-refractivity contribution >= 4 is 17.8 Å². The fourth-order valence-corrected chi connectivity index (χ4v) is 1.47. The van der Waals surface area contributed by atoms with Gasteiger partial charge in [-0.3, -0.25) is 9.59 Å². The van der Waals surface area contributed by atoms with E-state index in [0.29, 0.717) is 6.42 Å². The number of nitrogens with two attached hydrogens (primary N) is 1. The molecular formula is C10H16N2O5. The molecule has 3 atom stereocenters. The van der Waals surface area contributed by atoms with Gasteiger partial charge in [-0.05, 0) is 12.3 Å². The van der Waals surface area contributed by atoms with Crippen molar-refractivity contribution in [3.8, 4) is 0 Å². The molecule has 17 heavy (non-hydrogen) atoms. The van der Waals surface area contributed by atoms with Gasteiger partial charge in [-0.15, -0.1) is 0 Å². The SMILES string of the molecule is CC(C)C[C@H](NC(=O)[C@@H]1O[C@H]1C(=O)O)C(N)=O. The number of primary amides is 1. The van der Waals surface area contributed by atoms with Crippen molar-refractivity contribution in [1.82, 2.24) is 5.32 Å². The van der Waals surface area contributed by atoms with Gasteiger partial charge in [0.1, 0.15) is 6.04 Å². The Kier molecular flexibility index (Phi) is 4.06. The highest BCUT2D eigenvalue weighted by Crippen LogP contribution is 2.22. The van der Waals surface area contributed by atoms with Crippen LogP contribution in [-0.2, 0) is 19.1 Å². The number of hydrogen-bond donors (Lipinski definition) is 3. The Hall–Kier alpha value is -1.63. The van der Waals surface area contributed by atoms with E-state index in [1.165, 1.54) is 0 Å². The zero-order valence-electron chi connectivity index (χ0n) is 9.67. The quantitative estimate of drug-likeness (QED) is 0.509. The summed E-state index contributed by atoms with van der Waals surface area (Å²) in [5, 5.41) is 11.0. The molecule has 1 saturated heterocycles. The molecule has 0 radical (unpaired) electrons. The van der Waals surface area contributed by atoms with Crippen LogP contribution in [0.4, 0.5) is 0 Å². The van der Waals surface area contributed by atoms with Crippen LogP contribution >= 0.6 is 0 Å². The predicted molar refractivity (Wildman–Crippen MR) is 56.9 cm³/mol. The van der Waals surface area contributed by atoms with Gasteiger partial charge in [-0.1, -0.05) is 13.8 Å². The van der Waals surface area contributed by atoms with E-state index < -0.39 is 36.0 Å². The molecule has 0 aromatic rings. The number of carbonyl (C=O) groups is 3. The van der Waals surface area contributed by atoms with Crippen LogP contribution in [0.5, 0.6) is 0 Å². The molecule has 7 nitrogen and oxygen atoms in total. The van der Waals surface area contributed by atoms with Crippen LogP contribution in [0, 0.1) is 5.92 Å². The van der Waals surface area contributed by atoms with Gasteiger partial charge in [0.25, 0.3) is 5.91 Å². The number of carbonyl (C=O) groups excluding carboxylic acids is 2. The van der Waals surface area contributed by atoms with Crippen molar-refractivity contribution < 1.29 is 24.2 Å². The van der Waals surface area contributed by atoms with Crippen molar-refractivity contribution in [2.45, 2.75) is 38.5 Å². The molecule has 0 saturated carbocycles. The number of epoxide rings is 1. The number of amides is 2. The number of hydrogen-bond acceptors (Lipinski definition) is 4. The minimum Gasteiger partial charge on any atom is -0.479 e. The number of aliphatic carboxylic acids is 1. The van der Waals surface area contributed by atoms with Gasteiger partial charge >= 0.3 is 5.97 Å². The van der Waals surface area contributed by atoms with Crippen molar-refractivity contribution in [3.63, 3.8) is 0 Å². The van der Waals surface area contributed by atoms with Crippen molar-refractivity contribution in [1.29, 1.82) is 0 Å². The molecule has 0 aromatic carbocycles. The topological polar surface area (TPSA) is 122 Å². The van der Waals surface area contributed by atoms with Gasteiger partial charge in [-0.25, -0.2) is 4.79 Å². The monoisotopic (exact) mass is 244 g/mol. The van der Waals surface area contributed by atoms with Gasteiger partial charge < -0.3 is 20.9 Å². The normalized spacial score (nSPS) is 24.2. The summed E-state index contributed by atoms with van der Waals surface area (Å²) in [6, 6.07) is -0.791. The third-order valence-corrected chi connectivity index (χ3v) is 2.36. The third-order valence-electron chi connectivity index (χ3n) is 2.36. The molecule has 0 aliphatic carbocycles. The van der Waals surface area contributed by atoms with Crippen LogP contribution in [-0.4, -0.2) is 41.1 Å². The maximum absolute atomic E-state index is 11.5. The fraction of sp³-hybridized carbons (Fsp3) is 0.700. The number of rotatable bonds is 6. The molecule has 4 N–H and O–H groups in total. The summed E-state index contributed by atoms with van der Waals surface area (Å²) >= 11 is 0. The summed E-state index contributed by atoms with van der Waals surface area (Å²) in [6.07, 6.45) is -1.71. The fourth-order valence-electron chi connectivity index (χ4n) is 1.47. The molecule has 0 spiro atoms. The smallest absolute Gasteiger partial charge is 0.336 e. The van der Waals surface area contributed by atoms with Crippen LogP contribution in [0.2, 0.25) is 0 Å². The van der Waals surface area contributed by atoms with E-state index in [9.17, 15) is 14.4 Å². The van der Waals surface area contributed by atoms with E-state index >= 15 is 0 Å². The molecule has 7 heteroatoms. The average molecular weight is 244 g/mol. The Labute approximate surface area is 98.3 Å². The average Bonchev–Trinajstić information content (AvgIpc) is 2.94. The molecule has 0 unspecified atom stereocenters. The zero-order chi connectivity index (χ0) is 13.2. The van der Waals surface area contributed by atoms with Crippen LogP contribution in [0.3, 0.4) is 0 Å². The molecule has 1 aliphatic heterocycles. The van der Waals surface area contributed by atoms with Crippen molar-refractivity contribution in [3.05, 3.63) is 0 Å². The molecule has 1 rings (SSSR count). The second kappa shape index (κ2) is 5.13. The van der Waals surface area contributed by atoms with Crippen LogP contribution in [0.25, 0.3) is 0 Å². The van der Waals surface area contributed by atoms with Crippen LogP contribution in [0.15, 0.2) is 0 Å². The number of nitrogens with one attached hydrogen (secondary N) is 1. The minimum absolute atomic E-state index is 0.184. The maximum Gasteiger partial charge on any atom is 0.336 e. The van der Waals surface area contributed by atoms with Crippen molar-refractivity contribution in [2.24, 2.45) is 11.7 Å². The predicted octanol–water partition coefficient (Wildman–Crippen LogP) is -1.15. The van der Waals surface area contributed by atoms with E-state index in [2.05, 4.69) is 10.1 Å². The second-order valence-electron chi connectivity index (χ2n) is 4.41. The van der Waals surface area contributed by atoms with Crippen LogP contribution in [0.1, 0.15) is 20.3 Å². The summed E-state index contributed by atoms with van der Waals surface area (Å²) in [5.74, 6) is -2.26. The summed E-state index contributed by atoms with van der Waals surface area (Å²) in [6.45, 7) is 3.77. The Morgan fingerprint density at radius 3 is 2.29 bits per heavy atom.